The second-order valence-corrected chi connectivity index (χ2v) is 6.02. The molecule has 2 rings (SSSR count). The van der Waals surface area contributed by atoms with Gasteiger partial charge >= 0.3 is 0 Å². The van der Waals surface area contributed by atoms with Crippen LogP contribution in [-0.4, -0.2) is 31.6 Å². The first-order valence-corrected chi connectivity index (χ1v) is 8.36. The highest BCUT2D eigenvalue weighted by molar-refractivity contribution is 5.85. The van der Waals surface area contributed by atoms with Gasteiger partial charge in [-0.2, -0.15) is 0 Å². The largest absolute Gasteiger partial charge is 0.493 e. The van der Waals surface area contributed by atoms with E-state index in [0.717, 1.165) is 5.56 Å². The van der Waals surface area contributed by atoms with E-state index < -0.39 is 11.0 Å². The number of nitrogens with two attached hydrogens (primary N) is 1. The van der Waals surface area contributed by atoms with Crippen LogP contribution in [-0.2, 0) is 11.2 Å². The Morgan fingerprint density at radius 3 is 2.29 bits per heavy atom. The summed E-state index contributed by atoms with van der Waals surface area (Å²) in [6, 6.07) is 9.44. The molecule has 0 fully saturated rings. The number of aryl methyl sites for hydroxylation is 1. The van der Waals surface area contributed by atoms with E-state index in [2.05, 4.69) is 5.32 Å². The molecule has 1 amide bonds. The summed E-state index contributed by atoms with van der Waals surface area (Å²) in [7, 11) is 2.86. The molecule has 3 N–H and O–H groups in total. The fourth-order valence-electron chi connectivity index (χ4n) is 2.64. The summed E-state index contributed by atoms with van der Waals surface area (Å²) in [5, 5.41) is 14.0. The van der Waals surface area contributed by atoms with E-state index >= 15 is 0 Å². The van der Waals surface area contributed by atoms with E-state index in [1.54, 1.807) is 18.2 Å². The van der Waals surface area contributed by atoms with Crippen LogP contribution < -0.4 is 20.5 Å². The van der Waals surface area contributed by atoms with Gasteiger partial charge in [0.2, 0.25) is 5.91 Å². The minimum Gasteiger partial charge on any atom is -0.493 e. The Hall–Kier alpha value is -2.84. The molecule has 0 bridgehead atoms. The number of nitrogens with one attached hydrogen (secondary N) is 1. The predicted octanol–water partition coefficient (Wildman–Crippen LogP) is 2.70. The third-order valence-electron chi connectivity index (χ3n) is 4.19. The fourth-order valence-corrected chi connectivity index (χ4v) is 2.64. The molecule has 0 spiro atoms. The number of hydrogen-bond donors (Lipinski definition) is 2. The SMILES string of the molecule is COc1cc(CCNC(=O)C(N)c2ccc(C)cc2)c([N+](=O)[O-])cc1OC.Cl. The molecule has 152 valence electrons. The minimum atomic E-state index is -0.800. The van der Waals surface area contributed by atoms with Crippen molar-refractivity contribution >= 4 is 24.0 Å². The Morgan fingerprint density at radius 1 is 1.18 bits per heavy atom. The van der Waals surface area contributed by atoms with Crippen LogP contribution in [0.2, 0.25) is 0 Å². The van der Waals surface area contributed by atoms with Crippen LogP contribution in [0.15, 0.2) is 36.4 Å². The average Bonchev–Trinajstić information content (AvgIpc) is 2.67. The molecule has 2 aromatic rings. The Morgan fingerprint density at radius 2 is 1.75 bits per heavy atom. The molecule has 0 aliphatic heterocycles. The number of ether oxygens (including phenoxy) is 2. The summed E-state index contributed by atoms with van der Waals surface area (Å²) in [5.74, 6) is 0.321. The van der Waals surface area contributed by atoms with Gasteiger partial charge < -0.3 is 20.5 Å². The van der Waals surface area contributed by atoms with Crippen molar-refractivity contribution in [3.8, 4) is 11.5 Å². The van der Waals surface area contributed by atoms with Crippen molar-refractivity contribution in [2.24, 2.45) is 5.73 Å². The van der Waals surface area contributed by atoms with E-state index in [1.165, 1.54) is 20.3 Å². The number of hydrogen-bond acceptors (Lipinski definition) is 6. The zero-order valence-corrected chi connectivity index (χ0v) is 16.7. The van der Waals surface area contributed by atoms with Crippen LogP contribution in [0.5, 0.6) is 11.5 Å². The van der Waals surface area contributed by atoms with Gasteiger partial charge in [0.1, 0.15) is 6.04 Å². The standard InChI is InChI=1S/C19H23N3O5.ClH/c1-12-4-6-13(7-5-12)18(20)19(23)21-9-8-14-10-16(26-2)17(27-3)11-15(14)22(24)25;/h4-7,10-11,18H,8-9,20H2,1-3H3,(H,21,23);1H. The highest BCUT2D eigenvalue weighted by atomic mass is 35.5. The first kappa shape index (κ1) is 23.2. The quantitative estimate of drug-likeness (QED) is 0.511. The van der Waals surface area contributed by atoms with Gasteiger partial charge in [0, 0.05) is 12.1 Å². The number of nitro benzene ring substituents is 1. The molecule has 0 aromatic heterocycles. The number of carbonyl (C=O) groups excluding carboxylic acids is 1. The van der Waals surface area contributed by atoms with E-state index in [1.807, 2.05) is 19.1 Å². The molecule has 28 heavy (non-hydrogen) atoms. The van der Waals surface area contributed by atoms with Crippen molar-refractivity contribution < 1.29 is 19.2 Å². The Kier molecular flexibility index (Phi) is 8.69. The van der Waals surface area contributed by atoms with Crippen LogP contribution in [0, 0.1) is 17.0 Å². The summed E-state index contributed by atoms with van der Waals surface area (Å²) in [4.78, 5) is 23.1. The molecule has 0 heterocycles. The first-order chi connectivity index (χ1) is 12.9. The predicted molar refractivity (Wildman–Crippen MR) is 108 cm³/mol. The average molecular weight is 410 g/mol. The van der Waals surface area contributed by atoms with Gasteiger partial charge in [-0.25, -0.2) is 0 Å². The van der Waals surface area contributed by atoms with Gasteiger partial charge in [-0.1, -0.05) is 29.8 Å². The number of methoxy groups -OCH3 is 2. The van der Waals surface area contributed by atoms with Crippen molar-refractivity contribution in [1.82, 2.24) is 5.32 Å². The summed E-state index contributed by atoms with van der Waals surface area (Å²) >= 11 is 0. The molecule has 0 radical (unpaired) electrons. The maximum absolute atomic E-state index is 12.2. The minimum absolute atomic E-state index is 0. The summed E-state index contributed by atoms with van der Waals surface area (Å²) in [6.07, 6.45) is 0.253. The Labute approximate surface area is 169 Å². The zero-order chi connectivity index (χ0) is 20.0. The topological polar surface area (TPSA) is 117 Å². The first-order valence-electron chi connectivity index (χ1n) is 8.36. The van der Waals surface area contributed by atoms with Crippen LogP contribution in [0.25, 0.3) is 0 Å². The van der Waals surface area contributed by atoms with Gasteiger partial charge in [0.25, 0.3) is 5.69 Å². The van der Waals surface area contributed by atoms with Crippen LogP contribution in [0.3, 0.4) is 0 Å². The third-order valence-corrected chi connectivity index (χ3v) is 4.19. The molecule has 0 saturated heterocycles. The maximum Gasteiger partial charge on any atom is 0.276 e. The number of carbonyl (C=O) groups is 1. The normalized spacial score (nSPS) is 11.1. The third kappa shape index (κ3) is 5.58. The molecule has 9 heteroatoms. The highest BCUT2D eigenvalue weighted by Crippen LogP contribution is 2.34. The Balaban J connectivity index is 0.00000392. The highest BCUT2D eigenvalue weighted by Gasteiger charge is 2.20. The van der Waals surface area contributed by atoms with E-state index in [4.69, 9.17) is 15.2 Å². The van der Waals surface area contributed by atoms with Gasteiger partial charge in [-0.15, -0.1) is 12.4 Å². The second-order valence-electron chi connectivity index (χ2n) is 6.02. The molecule has 1 atom stereocenters. The number of nitro groups is 1. The lowest BCUT2D eigenvalue weighted by molar-refractivity contribution is -0.385. The lowest BCUT2D eigenvalue weighted by Gasteiger charge is -2.14. The van der Waals surface area contributed by atoms with E-state index in [-0.39, 0.29) is 42.7 Å². The van der Waals surface area contributed by atoms with Crippen molar-refractivity contribution in [3.05, 3.63) is 63.2 Å². The van der Waals surface area contributed by atoms with E-state index in [0.29, 0.717) is 16.9 Å². The number of amides is 1. The monoisotopic (exact) mass is 409 g/mol. The number of nitrogens with zero attached hydrogens (tertiary/aromatic N) is 1. The Bertz CT molecular complexity index is 827. The van der Waals surface area contributed by atoms with Crippen LogP contribution in [0.1, 0.15) is 22.7 Å². The molecule has 8 nitrogen and oxygen atoms in total. The lowest BCUT2D eigenvalue weighted by Crippen LogP contribution is -2.35. The summed E-state index contributed by atoms with van der Waals surface area (Å²) in [5.41, 5.74) is 8.09. The fraction of sp³-hybridized carbons (Fsp3) is 0.316. The van der Waals surface area contributed by atoms with Gasteiger partial charge in [-0.3, -0.25) is 14.9 Å². The van der Waals surface area contributed by atoms with Crippen molar-refractivity contribution in [3.63, 3.8) is 0 Å². The van der Waals surface area contributed by atoms with Crippen molar-refractivity contribution in [1.29, 1.82) is 0 Å². The van der Waals surface area contributed by atoms with Gasteiger partial charge in [0.05, 0.1) is 25.2 Å². The molecular weight excluding hydrogens is 386 g/mol. The second kappa shape index (κ2) is 10.5. The van der Waals surface area contributed by atoms with Gasteiger partial charge in [0.15, 0.2) is 11.5 Å². The van der Waals surface area contributed by atoms with E-state index in [9.17, 15) is 14.9 Å². The number of halogens is 1. The molecule has 0 aliphatic carbocycles. The maximum atomic E-state index is 12.2. The molecule has 2 aromatic carbocycles. The summed E-state index contributed by atoms with van der Waals surface area (Å²) < 4.78 is 10.3. The van der Waals surface area contributed by atoms with Crippen LogP contribution >= 0.6 is 12.4 Å². The lowest BCUT2D eigenvalue weighted by atomic mass is 10.0. The molecule has 0 aliphatic rings. The van der Waals surface area contributed by atoms with Gasteiger partial charge in [-0.05, 0) is 25.0 Å². The number of rotatable bonds is 8. The molecule has 0 saturated carbocycles. The smallest absolute Gasteiger partial charge is 0.276 e. The zero-order valence-electron chi connectivity index (χ0n) is 15.9. The summed E-state index contributed by atoms with van der Waals surface area (Å²) in [6.45, 7) is 2.15. The molecule has 1 unspecified atom stereocenters. The number of benzene rings is 2. The molecular formula is C19H24ClN3O5. The van der Waals surface area contributed by atoms with Crippen LogP contribution in [0.4, 0.5) is 5.69 Å². The van der Waals surface area contributed by atoms with Crippen molar-refractivity contribution in [2.45, 2.75) is 19.4 Å². The van der Waals surface area contributed by atoms with Crippen molar-refractivity contribution in [2.75, 3.05) is 20.8 Å².